The zero-order chi connectivity index (χ0) is 16.4. The molecule has 2 amide bonds. The molecule has 2 heterocycles. The molecule has 0 unspecified atom stereocenters. The van der Waals surface area contributed by atoms with E-state index in [4.69, 9.17) is 11.6 Å². The maximum absolute atomic E-state index is 13.8. The zero-order valence-electron chi connectivity index (χ0n) is 12.6. The third-order valence-corrected chi connectivity index (χ3v) is 4.05. The first-order valence-corrected chi connectivity index (χ1v) is 7.81. The molecule has 2 aromatic rings. The summed E-state index contributed by atoms with van der Waals surface area (Å²) >= 11 is 5.72. The number of urea groups is 1. The number of aryl methyl sites for hydroxylation is 2. The van der Waals surface area contributed by atoms with Gasteiger partial charge in [-0.25, -0.2) is 18.9 Å². The summed E-state index contributed by atoms with van der Waals surface area (Å²) in [5, 5.41) is 9.85. The van der Waals surface area contributed by atoms with Crippen molar-refractivity contribution in [1.29, 1.82) is 0 Å². The van der Waals surface area contributed by atoms with Gasteiger partial charge in [0.2, 0.25) is 0 Å². The lowest BCUT2D eigenvalue weighted by Crippen LogP contribution is -2.40. The second-order valence-corrected chi connectivity index (χ2v) is 5.88. The first-order valence-electron chi connectivity index (χ1n) is 7.43. The Morgan fingerprint density at radius 3 is 3.17 bits per heavy atom. The number of nitrogens with one attached hydrogen (secondary N) is 2. The molecule has 1 aliphatic rings. The quantitative estimate of drug-likeness (QED) is 0.904. The molecule has 8 heteroatoms. The minimum atomic E-state index is -0.512. The molecule has 2 N–H and O–H groups in total. The van der Waals surface area contributed by atoms with E-state index in [1.165, 1.54) is 6.07 Å². The maximum atomic E-state index is 13.8. The minimum absolute atomic E-state index is 0.0422. The van der Waals surface area contributed by atoms with Gasteiger partial charge in [0.25, 0.3) is 0 Å². The molecule has 0 saturated carbocycles. The lowest BCUT2D eigenvalue weighted by Gasteiger charge is -2.23. The molecule has 23 heavy (non-hydrogen) atoms. The van der Waals surface area contributed by atoms with E-state index in [1.54, 1.807) is 12.1 Å². The molecule has 0 spiro atoms. The van der Waals surface area contributed by atoms with Crippen molar-refractivity contribution in [2.45, 2.75) is 38.9 Å². The van der Waals surface area contributed by atoms with Crippen LogP contribution in [-0.4, -0.2) is 20.8 Å². The van der Waals surface area contributed by atoms with Crippen LogP contribution in [0.4, 0.5) is 9.18 Å². The molecule has 0 fully saturated rings. The van der Waals surface area contributed by atoms with Crippen LogP contribution in [0.5, 0.6) is 0 Å². The van der Waals surface area contributed by atoms with Crippen LogP contribution in [0.15, 0.2) is 18.2 Å². The van der Waals surface area contributed by atoms with Crippen molar-refractivity contribution < 1.29 is 9.18 Å². The summed E-state index contributed by atoms with van der Waals surface area (Å²) in [7, 11) is 0. The molecular weight excluding hydrogens is 321 g/mol. The number of rotatable bonds is 3. The fraction of sp³-hybridized carbons (Fsp3) is 0.400. The Labute approximate surface area is 138 Å². The second kappa shape index (κ2) is 6.54. The molecule has 1 aromatic carbocycles. The highest BCUT2D eigenvalue weighted by molar-refractivity contribution is 6.30. The monoisotopic (exact) mass is 337 g/mol. The van der Waals surface area contributed by atoms with E-state index in [1.807, 2.05) is 11.6 Å². The van der Waals surface area contributed by atoms with Crippen LogP contribution in [0.1, 0.15) is 36.1 Å². The van der Waals surface area contributed by atoms with Gasteiger partial charge in [0.15, 0.2) is 0 Å². The third-order valence-electron chi connectivity index (χ3n) is 3.76. The Morgan fingerprint density at radius 1 is 1.52 bits per heavy atom. The number of halogens is 2. The van der Waals surface area contributed by atoms with E-state index in [9.17, 15) is 9.18 Å². The highest BCUT2D eigenvalue weighted by Crippen LogP contribution is 2.23. The van der Waals surface area contributed by atoms with E-state index in [0.717, 1.165) is 25.2 Å². The van der Waals surface area contributed by atoms with Gasteiger partial charge < -0.3 is 10.6 Å². The molecular formula is C15H17ClFN5O. The fourth-order valence-electron chi connectivity index (χ4n) is 2.67. The number of hydrogen-bond acceptors (Lipinski definition) is 3. The Hall–Kier alpha value is -2.15. The summed E-state index contributed by atoms with van der Waals surface area (Å²) in [6.45, 7) is 2.70. The van der Waals surface area contributed by atoms with Gasteiger partial charge in [-0.3, -0.25) is 0 Å². The van der Waals surface area contributed by atoms with Crippen LogP contribution in [0.25, 0.3) is 0 Å². The van der Waals surface area contributed by atoms with Crippen molar-refractivity contribution >= 4 is 17.6 Å². The van der Waals surface area contributed by atoms with E-state index in [2.05, 4.69) is 20.7 Å². The molecule has 1 atom stereocenters. The van der Waals surface area contributed by atoms with Gasteiger partial charge in [-0.1, -0.05) is 23.7 Å². The van der Waals surface area contributed by atoms with Gasteiger partial charge in [0.05, 0.1) is 11.1 Å². The molecule has 0 radical (unpaired) electrons. The van der Waals surface area contributed by atoms with Crippen LogP contribution in [0, 0.1) is 12.7 Å². The number of carbonyl (C=O) groups excluding carboxylic acids is 1. The molecule has 0 aliphatic carbocycles. The van der Waals surface area contributed by atoms with Crippen molar-refractivity contribution in [3.8, 4) is 0 Å². The fourth-order valence-corrected chi connectivity index (χ4v) is 2.87. The molecule has 0 bridgehead atoms. The van der Waals surface area contributed by atoms with Crippen molar-refractivity contribution in [3.05, 3.63) is 46.3 Å². The highest BCUT2D eigenvalue weighted by Gasteiger charge is 2.25. The Kier molecular flexibility index (Phi) is 4.47. The molecule has 6 nitrogen and oxygen atoms in total. The molecule has 122 valence electrons. The Morgan fingerprint density at radius 2 is 2.35 bits per heavy atom. The van der Waals surface area contributed by atoms with Gasteiger partial charge in [0, 0.05) is 18.7 Å². The van der Waals surface area contributed by atoms with Crippen molar-refractivity contribution in [2.24, 2.45) is 0 Å². The first kappa shape index (κ1) is 15.7. The number of nitrogens with zero attached hydrogens (tertiary/aromatic N) is 3. The number of benzene rings is 1. The maximum Gasteiger partial charge on any atom is 0.315 e. The summed E-state index contributed by atoms with van der Waals surface area (Å²) in [4.78, 5) is 16.4. The lowest BCUT2D eigenvalue weighted by atomic mass is 10.1. The molecule has 3 rings (SSSR count). The summed E-state index contributed by atoms with van der Waals surface area (Å²) < 4.78 is 15.6. The molecule has 1 aromatic heterocycles. The lowest BCUT2D eigenvalue weighted by molar-refractivity contribution is 0.232. The van der Waals surface area contributed by atoms with Crippen molar-refractivity contribution in [1.82, 2.24) is 25.4 Å². The Bertz CT molecular complexity index is 733. The van der Waals surface area contributed by atoms with Gasteiger partial charge in [-0.2, -0.15) is 5.10 Å². The third kappa shape index (κ3) is 3.44. The second-order valence-electron chi connectivity index (χ2n) is 5.48. The number of hydrogen-bond donors (Lipinski definition) is 2. The number of aromatic nitrogens is 3. The smallest absolute Gasteiger partial charge is 0.315 e. The van der Waals surface area contributed by atoms with Crippen LogP contribution in [-0.2, 0) is 13.1 Å². The van der Waals surface area contributed by atoms with Crippen LogP contribution in [0.3, 0.4) is 0 Å². The van der Waals surface area contributed by atoms with E-state index >= 15 is 0 Å². The van der Waals surface area contributed by atoms with E-state index in [0.29, 0.717) is 11.4 Å². The number of carbonyl (C=O) groups is 1. The van der Waals surface area contributed by atoms with Crippen molar-refractivity contribution in [2.75, 3.05) is 0 Å². The van der Waals surface area contributed by atoms with E-state index < -0.39 is 5.82 Å². The number of fused-ring (bicyclic) bond motifs is 1. The Balaban J connectivity index is 1.61. The topological polar surface area (TPSA) is 71.8 Å². The normalized spacial score (nSPS) is 16.7. The van der Waals surface area contributed by atoms with Crippen LogP contribution >= 0.6 is 11.6 Å². The predicted octanol–water partition coefficient (Wildman–Crippen LogP) is 2.71. The van der Waals surface area contributed by atoms with Gasteiger partial charge in [-0.05, 0) is 25.8 Å². The average molecular weight is 338 g/mol. The van der Waals surface area contributed by atoms with Crippen LogP contribution < -0.4 is 10.6 Å². The minimum Gasteiger partial charge on any atom is -0.334 e. The summed E-state index contributed by atoms with van der Waals surface area (Å²) in [6, 6.07) is 4.14. The summed E-state index contributed by atoms with van der Waals surface area (Å²) in [5.74, 6) is 0.940. The standard InChI is InChI=1S/C15H17ClFN5O/c1-9-19-14-12(6-3-7-22(14)21-9)20-15(23)18-8-10-4-2-5-11(16)13(10)17/h2,4-5,12H,3,6-8H2,1H3,(H2,18,20,23)/t12-/m1/s1. The average Bonchev–Trinajstić information content (AvgIpc) is 2.90. The summed E-state index contributed by atoms with van der Waals surface area (Å²) in [5.41, 5.74) is 0.343. The summed E-state index contributed by atoms with van der Waals surface area (Å²) in [6.07, 6.45) is 1.72. The first-order chi connectivity index (χ1) is 11.0. The van der Waals surface area contributed by atoms with Gasteiger partial charge >= 0.3 is 6.03 Å². The highest BCUT2D eigenvalue weighted by atomic mass is 35.5. The van der Waals surface area contributed by atoms with E-state index in [-0.39, 0.29) is 23.6 Å². The number of amides is 2. The molecule has 1 aliphatic heterocycles. The largest absolute Gasteiger partial charge is 0.334 e. The van der Waals surface area contributed by atoms with Gasteiger partial charge in [-0.15, -0.1) is 0 Å². The van der Waals surface area contributed by atoms with Crippen LogP contribution in [0.2, 0.25) is 5.02 Å². The SMILES string of the molecule is Cc1nc2n(n1)CCC[C@H]2NC(=O)NCc1cccc(Cl)c1F. The predicted molar refractivity (Wildman–Crippen MR) is 83.5 cm³/mol. The van der Waals surface area contributed by atoms with Crippen molar-refractivity contribution in [3.63, 3.8) is 0 Å². The zero-order valence-corrected chi connectivity index (χ0v) is 13.4. The van der Waals surface area contributed by atoms with Gasteiger partial charge in [0.1, 0.15) is 17.5 Å². The molecule has 0 saturated heterocycles.